The number of fused-ring (bicyclic) bond motifs is 1. The number of hydrogen-bond donors (Lipinski definition) is 0. The smallest absolute Gasteiger partial charge is 0.232 e. The molecule has 16 heavy (non-hydrogen) atoms. The summed E-state index contributed by atoms with van der Waals surface area (Å²) in [6, 6.07) is 9.27. The van der Waals surface area contributed by atoms with E-state index in [0.29, 0.717) is 17.0 Å². The fourth-order valence-corrected chi connectivity index (χ4v) is 1.69. The Kier molecular flexibility index (Phi) is 1.86. The summed E-state index contributed by atoms with van der Waals surface area (Å²) in [7, 11) is 0. The molecule has 1 aromatic carbocycles. The quantitative estimate of drug-likeness (QED) is 0.458. The van der Waals surface area contributed by atoms with Crippen LogP contribution in [0.15, 0.2) is 53.4 Å². The van der Waals surface area contributed by atoms with Crippen LogP contribution in [0.1, 0.15) is 0 Å². The number of oxazole rings is 1. The highest BCUT2D eigenvalue weighted by molar-refractivity contribution is 5.79. The molecule has 78 valence electrons. The first kappa shape index (κ1) is 8.91. The lowest BCUT2D eigenvalue weighted by Crippen LogP contribution is -2.26. The molecule has 2 heterocycles. The fourth-order valence-electron chi connectivity index (χ4n) is 1.69. The Bertz CT molecular complexity index is 633. The van der Waals surface area contributed by atoms with E-state index in [9.17, 15) is 5.21 Å². The standard InChI is InChI=1S/C12H8N2O2/c15-14-8-10(12-13-5-6-16-12)7-9-3-1-2-4-11(9)14/h1-8H. The average Bonchev–Trinajstić information content (AvgIpc) is 2.82. The molecule has 0 saturated carbocycles. The number of nitrogens with zero attached hydrogens (tertiary/aromatic N) is 2. The fraction of sp³-hybridized carbons (Fsp3) is 0. The van der Waals surface area contributed by atoms with Crippen molar-refractivity contribution in [1.82, 2.24) is 4.98 Å². The van der Waals surface area contributed by atoms with Crippen LogP contribution in [-0.2, 0) is 0 Å². The SMILES string of the molecule is [O-][n+]1cc(-c2ncco2)cc2ccccc21. The second kappa shape index (κ2) is 3.34. The molecule has 2 aromatic heterocycles. The third kappa shape index (κ3) is 1.32. The van der Waals surface area contributed by atoms with Crippen LogP contribution in [0.5, 0.6) is 0 Å². The van der Waals surface area contributed by atoms with Crippen LogP contribution in [-0.4, -0.2) is 4.98 Å². The van der Waals surface area contributed by atoms with Crippen molar-refractivity contribution in [3.63, 3.8) is 0 Å². The number of aromatic nitrogens is 2. The number of rotatable bonds is 1. The van der Waals surface area contributed by atoms with E-state index in [-0.39, 0.29) is 0 Å². The van der Waals surface area contributed by atoms with Gasteiger partial charge in [-0.05, 0) is 12.1 Å². The van der Waals surface area contributed by atoms with E-state index in [1.54, 1.807) is 12.3 Å². The molecule has 4 heteroatoms. The average molecular weight is 212 g/mol. The molecule has 0 amide bonds. The molecule has 0 atom stereocenters. The van der Waals surface area contributed by atoms with E-state index in [0.717, 1.165) is 10.1 Å². The van der Waals surface area contributed by atoms with Gasteiger partial charge in [0.2, 0.25) is 11.4 Å². The summed E-state index contributed by atoms with van der Waals surface area (Å²) in [5.74, 6) is 0.454. The minimum absolute atomic E-state index is 0.454. The summed E-state index contributed by atoms with van der Waals surface area (Å²) in [6.07, 6.45) is 4.51. The molecular formula is C12H8N2O2. The van der Waals surface area contributed by atoms with Crippen LogP contribution in [0.3, 0.4) is 0 Å². The van der Waals surface area contributed by atoms with Crippen molar-refractivity contribution in [2.75, 3.05) is 0 Å². The minimum Gasteiger partial charge on any atom is -0.618 e. The van der Waals surface area contributed by atoms with Gasteiger partial charge in [-0.25, -0.2) is 4.98 Å². The Morgan fingerprint density at radius 2 is 2.12 bits per heavy atom. The molecule has 0 aliphatic carbocycles. The Labute approximate surface area is 91.4 Å². The zero-order chi connectivity index (χ0) is 11.0. The Morgan fingerprint density at radius 3 is 2.94 bits per heavy atom. The molecule has 3 rings (SSSR count). The predicted octanol–water partition coefficient (Wildman–Crippen LogP) is 2.13. The van der Waals surface area contributed by atoms with Crippen LogP contribution in [0.25, 0.3) is 22.4 Å². The van der Waals surface area contributed by atoms with Gasteiger partial charge in [-0.3, -0.25) is 0 Å². The van der Waals surface area contributed by atoms with Crippen molar-refractivity contribution in [1.29, 1.82) is 0 Å². The maximum absolute atomic E-state index is 11.7. The van der Waals surface area contributed by atoms with Crippen molar-refractivity contribution in [3.8, 4) is 11.5 Å². The van der Waals surface area contributed by atoms with Crippen molar-refractivity contribution in [2.24, 2.45) is 0 Å². The molecule has 0 aliphatic heterocycles. The van der Waals surface area contributed by atoms with E-state index in [1.807, 2.05) is 24.3 Å². The van der Waals surface area contributed by atoms with Gasteiger partial charge in [-0.1, -0.05) is 12.1 Å². The van der Waals surface area contributed by atoms with Crippen LogP contribution in [0.2, 0.25) is 0 Å². The van der Waals surface area contributed by atoms with Crippen molar-refractivity contribution in [3.05, 3.63) is 54.2 Å². The van der Waals surface area contributed by atoms with Crippen LogP contribution < -0.4 is 4.73 Å². The van der Waals surface area contributed by atoms with Gasteiger partial charge >= 0.3 is 0 Å². The highest BCUT2D eigenvalue weighted by Crippen LogP contribution is 2.19. The first-order valence-electron chi connectivity index (χ1n) is 4.86. The third-order valence-corrected chi connectivity index (χ3v) is 2.42. The third-order valence-electron chi connectivity index (χ3n) is 2.42. The predicted molar refractivity (Wildman–Crippen MR) is 58.4 cm³/mol. The summed E-state index contributed by atoms with van der Waals surface area (Å²) < 4.78 is 5.99. The molecule has 0 unspecified atom stereocenters. The monoisotopic (exact) mass is 212 g/mol. The van der Waals surface area contributed by atoms with E-state index in [1.165, 1.54) is 12.5 Å². The summed E-state index contributed by atoms with van der Waals surface area (Å²) >= 11 is 0. The molecule has 0 fully saturated rings. The normalized spacial score (nSPS) is 10.8. The number of pyridine rings is 1. The highest BCUT2D eigenvalue weighted by atomic mass is 16.5. The molecule has 0 bridgehead atoms. The number of para-hydroxylation sites is 1. The summed E-state index contributed by atoms with van der Waals surface area (Å²) in [5.41, 5.74) is 1.32. The zero-order valence-electron chi connectivity index (χ0n) is 8.33. The maximum atomic E-state index is 11.7. The Morgan fingerprint density at radius 1 is 1.25 bits per heavy atom. The van der Waals surface area contributed by atoms with Crippen molar-refractivity contribution in [2.45, 2.75) is 0 Å². The van der Waals surface area contributed by atoms with E-state index in [2.05, 4.69) is 4.98 Å². The number of benzene rings is 1. The lowest BCUT2D eigenvalue weighted by Gasteiger charge is -2.02. The maximum Gasteiger partial charge on any atom is 0.232 e. The molecule has 4 nitrogen and oxygen atoms in total. The molecule has 0 aliphatic rings. The summed E-state index contributed by atoms with van der Waals surface area (Å²) in [5, 5.41) is 12.6. The molecule has 0 spiro atoms. The second-order valence-corrected chi connectivity index (χ2v) is 3.45. The van der Waals surface area contributed by atoms with Crippen LogP contribution >= 0.6 is 0 Å². The highest BCUT2D eigenvalue weighted by Gasteiger charge is 2.10. The minimum atomic E-state index is 0.454. The zero-order valence-corrected chi connectivity index (χ0v) is 8.33. The van der Waals surface area contributed by atoms with Gasteiger partial charge in [0.15, 0.2) is 6.20 Å². The molecular weight excluding hydrogens is 204 g/mol. The summed E-state index contributed by atoms with van der Waals surface area (Å²) in [6.45, 7) is 0. The van der Waals surface area contributed by atoms with E-state index in [4.69, 9.17) is 4.42 Å². The molecule has 0 radical (unpaired) electrons. The van der Waals surface area contributed by atoms with Gasteiger partial charge in [0.25, 0.3) is 0 Å². The van der Waals surface area contributed by atoms with Gasteiger partial charge in [0.1, 0.15) is 11.8 Å². The van der Waals surface area contributed by atoms with E-state index >= 15 is 0 Å². The summed E-state index contributed by atoms with van der Waals surface area (Å²) in [4.78, 5) is 4.02. The van der Waals surface area contributed by atoms with Crippen molar-refractivity contribution < 1.29 is 9.15 Å². The van der Waals surface area contributed by atoms with Gasteiger partial charge in [0.05, 0.1) is 6.20 Å². The van der Waals surface area contributed by atoms with Crippen LogP contribution in [0, 0.1) is 5.21 Å². The Hall–Kier alpha value is -2.36. The molecule has 0 saturated heterocycles. The first-order chi connectivity index (χ1) is 7.84. The van der Waals surface area contributed by atoms with Crippen molar-refractivity contribution >= 4 is 10.9 Å². The second-order valence-electron chi connectivity index (χ2n) is 3.45. The lowest BCUT2D eigenvalue weighted by molar-refractivity contribution is -0.576. The van der Waals surface area contributed by atoms with E-state index < -0.39 is 0 Å². The first-order valence-corrected chi connectivity index (χ1v) is 4.86. The molecule has 3 aromatic rings. The van der Waals surface area contributed by atoms with Gasteiger partial charge in [-0.2, -0.15) is 4.73 Å². The molecule has 0 N–H and O–H groups in total. The van der Waals surface area contributed by atoms with Gasteiger partial charge in [0, 0.05) is 11.5 Å². The Balaban J connectivity index is 2.29. The lowest BCUT2D eigenvalue weighted by atomic mass is 10.1. The van der Waals surface area contributed by atoms with Gasteiger partial charge in [-0.15, -0.1) is 0 Å². The number of hydrogen-bond acceptors (Lipinski definition) is 3. The largest absolute Gasteiger partial charge is 0.618 e. The van der Waals surface area contributed by atoms with Crippen LogP contribution in [0.4, 0.5) is 0 Å². The topological polar surface area (TPSA) is 53.0 Å². The van der Waals surface area contributed by atoms with Gasteiger partial charge < -0.3 is 9.62 Å².